The molecule has 5 nitrogen and oxygen atoms in total. The Labute approximate surface area is 142 Å². The van der Waals surface area contributed by atoms with Crippen LogP contribution in [0.25, 0.3) is 0 Å². The van der Waals surface area contributed by atoms with Gasteiger partial charge in [-0.15, -0.1) is 0 Å². The van der Waals surface area contributed by atoms with Gasteiger partial charge in [0.05, 0.1) is 16.8 Å². The summed E-state index contributed by atoms with van der Waals surface area (Å²) in [5.74, 6) is -3.02. The second-order valence-electron chi connectivity index (χ2n) is 5.73. The van der Waals surface area contributed by atoms with E-state index in [1.54, 1.807) is 18.2 Å². The van der Waals surface area contributed by atoms with E-state index in [1.165, 1.54) is 0 Å². The lowest BCUT2D eigenvalue weighted by Crippen LogP contribution is -2.33. The number of imide groups is 1. The van der Waals surface area contributed by atoms with Crippen molar-refractivity contribution in [2.24, 2.45) is 0 Å². The number of carbonyl (C=O) groups is 3. The molecule has 0 radical (unpaired) electrons. The summed E-state index contributed by atoms with van der Waals surface area (Å²) in [6.45, 7) is 1.66. The minimum atomic E-state index is -0.772. The van der Waals surface area contributed by atoms with Gasteiger partial charge in [-0.25, -0.2) is 8.78 Å². The van der Waals surface area contributed by atoms with E-state index in [0.717, 1.165) is 28.7 Å². The maximum atomic E-state index is 13.5. The molecule has 1 aliphatic heterocycles. The molecule has 1 aliphatic rings. The third-order valence-corrected chi connectivity index (χ3v) is 3.89. The lowest BCUT2D eigenvalue weighted by molar-refractivity contribution is -0.116. The molecular weight excluding hydrogens is 330 g/mol. The smallest absolute Gasteiger partial charge is 0.261 e. The molecule has 0 aliphatic carbocycles. The molecule has 7 heteroatoms. The van der Waals surface area contributed by atoms with Gasteiger partial charge in [-0.2, -0.15) is 0 Å². The van der Waals surface area contributed by atoms with Crippen LogP contribution in [0.2, 0.25) is 0 Å². The number of amides is 3. The number of aryl methyl sites for hydroxylation is 1. The normalized spacial score (nSPS) is 13.2. The SMILES string of the molecule is Cc1ccc2c(c1)C(=O)N(CCC(=O)Nc1cc(F)ccc1F)C2=O. The molecule has 0 saturated heterocycles. The van der Waals surface area contributed by atoms with Crippen LogP contribution in [-0.2, 0) is 4.79 Å². The fourth-order valence-electron chi connectivity index (χ4n) is 2.63. The first-order chi connectivity index (χ1) is 11.9. The topological polar surface area (TPSA) is 66.5 Å². The standard InChI is InChI=1S/C18H14F2N2O3/c1-10-2-4-12-13(8-10)18(25)22(17(12)24)7-6-16(23)21-15-9-11(19)3-5-14(15)20/h2-5,8-9H,6-7H2,1H3,(H,21,23). The van der Waals surface area contributed by atoms with Crippen LogP contribution in [0.5, 0.6) is 0 Å². The van der Waals surface area contributed by atoms with Gasteiger partial charge in [-0.05, 0) is 31.2 Å². The molecule has 128 valence electrons. The van der Waals surface area contributed by atoms with Crippen LogP contribution in [0.15, 0.2) is 36.4 Å². The van der Waals surface area contributed by atoms with Crippen molar-refractivity contribution in [2.45, 2.75) is 13.3 Å². The number of halogens is 2. The zero-order chi connectivity index (χ0) is 18.1. The average molecular weight is 344 g/mol. The lowest BCUT2D eigenvalue weighted by atomic mass is 10.1. The van der Waals surface area contributed by atoms with E-state index >= 15 is 0 Å². The number of benzene rings is 2. The summed E-state index contributed by atoms with van der Waals surface area (Å²) in [4.78, 5) is 37.4. The Hall–Kier alpha value is -3.09. The third kappa shape index (κ3) is 3.26. The van der Waals surface area contributed by atoms with E-state index in [4.69, 9.17) is 0 Å². The number of hydrogen-bond acceptors (Lipinski definition) is 3. The predicted octanol–water partition coefficient (Wildman–Crippen LogP) is 2.90. The largest absolute Gasteiger partial charge is 0.323 e. The van der Waals surface area contributed by atoms with E-state index in [0.29, 0.717) is 11.1 Å². The molecule has 25 heavy (non-hydrogen) atoms. The van der Waals surface area contributed by atoms with Gasteiger partial charge < -0.3 is 5.32 Å². The van der Waals surface area contributed by atoms with Crippen LogP contribution in [0.4, 0.5) is 14.5 Å². The fraction of sp³-hybridized carbons (Fsp3) is 0.167. The number of fused-ring (bicyclic) bond motifs is 1. The van der Waals surface area contributed by atoms with Crippen LogP contribution < -0.4 is 5.32 Å². The van der Waals surface area contributed by atoms with E-state index in [-0.39, 0.29) is 18.7 Å². The molecule has 0 atom stereocenters. The van der Waals surface area contributed by atoms with Gasteiger partial charge in [0, 0.05) is 19.0 Å². The molecule has 1 heterocycles. The zero-order valence-corrected chi connectivity index (χ0v) is 13.3. The summed E-state index contributed by atoms with van der Waals surface area (Å²) in [6, 6.07) is 7.62. The zero-order valence-electron chi connectivity index (χ0n) is 13.3. The molecule has 2 aromatic carbocycles. The molecule has 2 aromatic rings. The quantitative estimate of drug-likeness (QED) is 0.868. The highest BCUT2D eigenvalue weighted by molar-refractivity contribution is 6.21. The van der Waals surface area contributed by atoms with Gasteiger partial charge in [0.15, 0.2) is 0 Å². The van der Waals surface area contributed by atoms with Gasteiger partial charge >= 0.3 is 0 Å². The molecule has 0 bridgehead atoms. The van der Waals surface area contributed by atoms with Crippen molar-refractivity contribution in [2.75, 3.05) is 11.9 Å². The van der Waals surface area contributed by atoms with Gasteiger partial charge in [0.1, 0.15) is 11.6 Å². The third-order valence-electron chi connectivity index (χ3n) is 3.89. The Balaban J connectivity index is 1.66. The summed E-state index contributed by atoms with van der Waals surface area (Å²) in [5.41, 5.74) is 1.16. The van der Waals surface area contributed by atoms with Crippen molar-refractivity contribution in [1.29, 1.82) is 0 Å². The fourth-order valence-corrected chi connectivity index (χ4v) is 2.63. The highest BCUT2D eigenvalue weighted by Gasteiger charge is 2.35. The van der Waals surface area contributed by atoms with Crippen molar-refractivity contribution < 1.29 is 23.2 Å². The molecule has 0 unspecified atom stereocenters. The Kier molecular flexibility index (Phi) is 4.31. The molecule has 3 rings (SSSR count). The molecule has 1 N–H and O–H groups in total. The van der Waals surface area contributed by atoms with Gasteiger partial charge in [-0.3, -0.25) is 19.3 Å². The minimum absolute atomic E-state index is 0.145. The van der Waals surface area contributed by atoms with E-state index in [1.807, 2.05) is 6.92 Å². The summed E-state index contributed by atoms with van der Waals surface area (Å²) >= 11 is 0. The Morgan fingerprint density at radius 3 is 2.52 bits per heavy atom. The maximum Gasteiger partial charge on any atom is 0.261 e. The number of hydrogen-bond donors (Lipinski definition) is 1. The van der Waals surface area contributed by atoms with Crippen LogP contribution in [0.1, 0.15) is 32.7 Å². The van der Waals surface area contributed by atoms with Crippen molar-refractivity contribution in [3.05, 3.63) is 64.7 Å². The first-order valence-electron chi connectivity index (χ1n) is 7.58. The molecule has 0 aromatic heterocycles. The molecule has 0 fully saturated rings. The van der Waals surface area contributed by atoms with Gasteiger partial charge in [0.2, 0.25) is 5.91 Å². The van der Waals surface area contributed by atoms with Crippen molar-refractivity contribution >= 4 is 23.4 Å². The van der Waals surface area contributed by atoms with Crippen LogP contribution >= 0.6 is 0 Å². The van der Waals surface area contributed by atoms with E-state index in [9.17, 15) is 23.2 Å². The summed E-state index contributed by atoms with van der Waals surface area (Å²) < 4.78 is 26.6. The average Bonchev–Trinajstić information content (AvgIpc) is 2.80. The lowest BCUT2D eigenvalue weighted by Gasteiger charge is -2.13. The Morgan fingerprint density at radius 2 is 1.76 bits per heavy atom. The van der Waals surface area contributed by atoms with Crippen LogP contribution in [0.3, 0.4) is 0 Å². The number of carbonyl (C=O) groups excluding carboxylic acids is 3. The second kappa shape index (κ2) is 6.43. The minimum Gasteiger partial charge on any atom is -0.323 e. The molecular formula is C18H14F2N2O3. The summed E-state index contributed by atoms with van der Waals surface area (Å²) in [6.07, 6.45) is -0.222. The predicted molar refractivity (Wildman–Crippen MR) is 86.2 cm³/mol. The van der Waals surface area contributed by atoms with E-state index in [2.05, 4.69) is 5.32 Å². The Morgan fingerprint density at radius 1 is 1.04 bits per heavy atom. The van der Waals surface area contributed by atoms with Gasteiger partial charge in [0.25, 0.3) is 11.8 Å². The maximum absolute atomic E-state index is 13.5. The number of nitrogens with zero attached hydrogens (tertiary/aromatic N) is 1. The molecule has 3 amide bonds. The highest BCUT2D eigenvalue weighted by Crippen LogP contribution is 2.24. The van der Waals surface area contributed by atoms with Crippen molar-refractivity contribution in [1.82, 2.24) is 4.90 Å². The van der Waals surface area contributed by atoms with Crippen LogP contribution in [0, 0.1) is 18.6 Å². The monoisotopic (exact) mass is 344 g/mol. The molecule has 0 spiro atoms. The van der Waals surface area contributed by atoms with Crippen molar-refractivity contribution in [3.63, 3.8) is 0 Å². The van der Waals surface area contributed by atoms with Crippen molar-refractivity contribution in [3.8, 4) is 0 Å². The highest BCUT2D eigenvalue weighted by atomic mass is 19.1. The first-order valence-corrected chi connectivity index (χ1v) is 7.58. The van der Waals surface area contributed by atoms with Gasteiger partial charge in [-0.1, -0.05) is 11.6 Å². The number of anilines is 1. The first kappa shape index (κ1) is 16.8. The second-order valence-corrected chi connectivity index (χ2v) is 5.73. The number of rotatable bonds is 4. The van der Waals surface area contributed by atoms with Crippen LogP contribution in [-0.4, -0.2) is 29.2 Å². The summed E-state index contributed by atoms with van der Waals surface area (Å²) in [7, 11) is 0. The molecule has 0 saturated carbocycles. The Bertz CT molecular complexity index is 896. The van der Waals surface area contributed by atoms with E-state index < -0.39 is 29.4 Å². The number of nitrogens with one attached hydrogen (secondary N) is 1. The summed E-state index contributed by atoms with van der Waals surface area (Å²) in [5, 5.41) is 2.23.